The summed E-state index contributed by atoms with van der Waals surface area (Å²) in [4.78, 5) is 1.07. The quantitative estimate of drug-likeness (QED) is 0.629. The molecule has 2 aromatic rings. The highest BCUT2D eigenvalue weighted by molar-refractivity contribution is 8.00. The van der Waals surface area contributed by atoms with Gasteiger partial charge in [0.25, 0.3) is 0 Å². The molecule has 0 saturated carbocycles. The van der Waals surface area contributed by atoms with Crippen molar-refractivity contribution < 1.29 is 4.39 Å². The summed E-state index contributed by atoms with van der Waals surface area (Å²) in [6.07, 6.45) is 0. The second-order valence-corrected chi connectivity index (χ2v) is 5.21. The summed E-state index contributed by atoms with van der Waals surface area (Å²) in [5.41, 5.74) is 2.88. The molecule has 0 unspecified atom stereocenters. The molecule has 0 aliphatic carbocycles. The minimum Gasteiger partial charge on any atom is -0.325 e. The van der Waals surface area contributed by atoms with Gasteiger partial charge < -0.3 is 10.1 Å². The molecular weight excluding hydrogens is 259 g/mol. The average Bonchev–Trinajstić information content (AvgIpc) is 2.39. The Morgan fingerprint density at radius 2 is 1.84 bits per heavy atom. The molecule has 0 aliphatic rings. The highest BCUT2D eigenvalue weighted by Crippen LogP contribution is 2.25. The standard InChI is InChI=1S/C15H15FN2S/c1-10-3-6-13(7-4-10)19-18-15-8-5-12(16)9-14(15)11(2)17/h3-9,17-18H,1-2H3. The third-order valence-corrected chi connectivity index (χ3v) is 3.52. The molecule has 0 aliphatic heterocycles. The number of hydrogen-bond donors (Lipinski definition) is 2. The second-order valence-electron chi connectivity index (χ2n) is 4.33. The molecule has 0 spiro atoms. The third kappa shape index (κ3) is 3.58. The molecule has 2 N–H and O–H groups in total. The molecule has 0 atom stereocenters. The van der Waals surface area contributed by atoms with Crippen LogP contribution >= 0.6 is 11.9 Å². The summed E-state index contributed by atoms with van der Waals surface area (Å²) in [6, 6.07) is 12.5. The number of aryl methyl sites for hydroxylation is 1. The van der Waals surface area contributed by atoms with E-state index in [1.54, 1.807) is 13.0 Å². The Morgan fingerprint density at radius 3 is 2.47 bits per heavy atom. The maximum absolute atomic E-state index is 13.2. The first-order valence-corrected chi connectivity index (χ1v) is 6.72. The van der Waals surface area contributed by atoms with Gasteiger partial charge in [-0.05, 0) is 56.1 Å². The Bertz CT molecular complexity index is 594. The minimum atomic E-state index is -0.326. The van der Waals surface area contributed by atoms with Crippen molar-refractivity contribution in [2.24, 2.45) is 0 Å². The molecule has 2 rings (SSSR count). The molecule has 0 fully saturated rings. The predicted octanol–water partition coefficient (Wildman–Crippen LogP) is 4.64. The fourth-order valence-corrected chi connectivity index (χ4v) is 2.31. The lowest BCUT2D eigenvalue weighted by Crippen LogP contribution is -1.99. The Hall–Kier alpha value is -1.81. The summed E-state index contributed by atoms with van der Waals surface area (Å²) < 4.78 is 16.4. The zero-order valence-electron chi connectivity index (χ0n) is 10.8. The van der Waals surface area contributed by atoms with Crippen molar-refractivity contribution in [3.8, 4) is 0 Å². The SMILES string of the molecule is CC(=N)c1cc(F)ccc1NSc1ccc(C)cc1. The molecule has 0 saturated heterocycles. The van der Waals surface area contributed by atoms with Gasteiger partial charge in [-0.25, -0.2) is 4.39 Å². The van der Waals surface area contributed by atoms with Crippen LogP contribution in [0.15, 0.2) is 47.4 Å². The van der Waals surface area contributed by atoms with Gasteiger partial charge >= 0.3 is 0 Å². The van der Waals surface area contributed by atoms with E-state index in [2.05, 4.69) is 4.72 Å². The van der Waals surface area contributed by atoms with E-state index < -0.39 is 0 Å². The maximum Gasteiger partial charge on any atom is 0.124 e. The molecule has 0 bridgehead atoms. The van der Waals surface area contributed by atoms with Crippen molar-refractivity contribution in [3.05, 3.63) is 59.4 Å². The highest BCUT2D eigenvalue weighted by atomic mass is 32.2. The van der Waals surface area contributed by atoms with Crippen LogP contribution in [0.3, 0.4) is 0 Å². The lowest BCUT2D eigenvalue weighted by molar-refractivity contribution is 0.627. The van der Waals surface area contributed by atoms with Crippen LogP contribution in [0.2, 0.25) is 0 Å². The van der Waals surface area contributed by atoms with Crippen molar-refractivity contribution in [2.75, 3.05) is 4.72 Å². The largest absolute Gasteiger partial charge is 0.325 e. The van der Waals surface area contributed by atoms with Crippen LogP contribution in [0.1, 0.15) is 18.1 Å². The monoisotopic (exact) mass is 274 g/mol. The van der Waals surface area contributed by atoms with Crippen LogP contribution in [0, 0.1) is 18.2 Å². The van der Waals surface area contributed by atoms with Crippen LogP contribution in [0.4, 0.5) is 10.1 Å². The smallest absolute Gasteiger partial charge is 0.124 e. The van der Waals surface area contributed by atoms with Crippen LogP contribution in [-0.2, 0) is 0 Å². The van der Waals surface area contributed by atoms with Crippen LogP contribution < -0.4 is 4.72 Å². The lowest BCUT2D eigenvalue weighted by Gasteiger charge is -2.10. The lowest BCUT2D eigenvalue weighted by atomic mass is 10.1. The summed E-state index contributed by atoms with van der Waals surface area (Å²) in [5, 5.41) is 7.67. The normalized spacial score (nSPS) is 10.3. The van der Waals surface area contributed by atoms with Crippen LogP contribution in [0.5, 0.6) is 0 Å². The highest BCUT2D eigenvalue weighted by Gasteiger charge is 2.06. The summed E-state index contributed by atoms with van der Waals surface area (Å²) >= 11 is 1.45. The molecule has 0 amide bonds. The number of anilines is 1. The van der Waals surface area contributed by atoms with Gasteiger partial charge in [0.2, 0.25) is 0 Å². The summed E-state index contributed by atoms with van der Waals surface area (Å²) in [5.74, 6) is -0.326. The second kappa shape index (κ2) is 5.89. The van der Waals surface area contributed by atoms with E-state index in [-0.39, 0.29) is 5.82 Å². The van der Waals surface area contributed by atoms with E-state index in [1.165, 1.54) is 29.6 Å². The number of benzene rings is 2. The van der Waals surface area contributed by atoms with Crippen LogP contribution in [0.25, 0.3) is 0 Å². The van der Waals surface area contributed by atoms with Gasteiger partial charge in [0, 0.05) is 16.2 Å². The maximum atomic E-state index is 13.2. The van der Waals surface area contributed by atoms with Crippen molar-refractivity contribution >= 4 is 23.3 Å². The fraction of sp³-hybridized carbons (Fsp3) is 0.133. The van der Waals surface area contributed by atoms with Gasteiger partial charge in [-0.15, -0.1) is 0 Å². The summed E-state index contributed by atoms with van der Waals surface area (Å²) in [7, 11) is 0. The molecule has 0 radical (unpaired) electrons. The summed E-state index contributed by atoms with van der Waals surface area (Å²) in [6.45, 7) is 3.69. The average molecular weight is 274 g/mol. The Morgan fingerprint density at radius 1 is 1.16 bits per heavy atom. The van der Waals surface area contributed by atoms with Crippen LogP contribution in [-0.4, -0.2) is 5.71 Å². The van der Waals surface area contributed by atoms with Crippen molar-refractivity contribution in [2.45, 2.75) is 18.7 Å². The van der Waals surface area contributed by atoms with E-state index in [0.29, 0.717) is 11.3 Å². The zero-order chi connectivity index (χ0) is 13.8. The Labute approximate surface area is 116 Å². The van der Waals surface area contributed by atoms with E-state index >= 15 is 0 Å². The number of rotatable bonds is 4. The first kappa shape index (κ1) is 13.6. The van der Waals surface area contributed by atoms with E-state index in [0.717, 1.165) is 10.6 Å². The molecule has 4 heteroatoms. The molecule has 0 heterocycles. The molecule has 2 aromatic carbocycles. The van der Waals surface area contributed by atoms with Gasteiger partial charge in [-0.2, -0.15) is 0 Å². The van der Waals surface area contributed by atoms with Gasteiger partial charge in [-0.1, -0.05) is 17.7 Å². The van der Waals surface area contributed by atoms with Gasteiger partial charge in [0.05, 0.1) is 5.69 Å². The first-order chi connectivity index (χ1) is 9.06. The minimum absolute atomic E-state index is 0.326. The topological polar surface area (TPSA) is 35.9 Å². The molecule has 0 aromatic heterocycles. The van der Waals surface area contributed by atoms with E-state index in [9.17, 15) is 4.39 Å². The van der Waals surface area contributed by atoms with Crippen molar-refractivity contribution in [1.29, 1.82) is 5.41 Å². The van der Waals surface area contributed by atoms with Gasteiger partial charge in [-0.3, -0.25) is 0 Å². The zero-order valence-corrected chi connectivity index (χ0v) is 11.6. The number of halogens is 1. The third-order valence-electron chi connectivity index (χ3n) is 2.69. The molecule has 19 heavy (non-hydrogen) atoms. The van der Waals surface area contributed by atoms with E-state index in [1.807, 2.05) is 31.2 Å². The molecular formula is C15H15FN2S. The predicted molar refractivity (Wildman–Crippen MR) is 79.6 cm³/mol. The molecule has 98 valence electrons. The Balaban J connectivity index is 2.15. The number of nitrogens with one attached hydrogen (secondary N) is 2. The van der Waals surface area contributed by atoms with Crippen molar-refractivity contribution in [1.82, 2.24) is 0 Å². The first-order valence-electron chi connectivity index (χ1n) is 5.91. The Kier molecular flexibility index (Phi) is 4.22. The van der Waals surface area contributed by atoms with Gasteiger partial charge in [0.1, 0.15) is 5.82 Å². The fourth-order valence-electron chi connectivity index (χ4n) is 1.64. The van der Waals surface area contributed by atoms with Gasteiger partial charge in [0.15, 0.2) is 0 Å². The van der Waals surface area contributed by atoms with Crippen molar-refractivity contribution in [3.63, 3.8) is 0 Å². The molecule has 2 nitrogen and oxygen atoms in total. The number of hydrogen-bond acceptors (Lipinski definition) is 3. The van der Waals surface area contributed by atoms with E-state index in [4.69, 9.17) is 5.41 Å².